The molecule has 0 spiro atoms. The Bertz CT molecular complexity index is 624. The van der Waals surface area contributed by atoms with E-state index in [0.717, 1.165) is 13.0 Å². The molecule has 0 aromatic heterocycles. The smallest absolute Gasteiger partial charge is 0.243 e. The molecular weight excluding hydrogens is 310 g/mol. The average molecular weight is 330 g/mol. The van der Waals surface area contributed by atoms with Crippen molar-refractivity contribution in [3.05, 3.63) is 28.8 Å². The van der Waals surface area contributed by atoms with Gasteiger partial charge in [-0.2, -0.15) is 9.57 Å². The predicted octanol–water partition coefficient (Wildman–Crippen LogP) is 2.17. The van der Waals surface area contributed by atoms with Gasteiger partial charge in [0.15, 0.2) is 0 Å². The molecule has 7 heteroatoms. The summed E-state index contributed by atoms with van der Waals surface area (Å²) in [6, 6.07) is 6.11. The lowest BCUT2D eigenvalue weighted by atomic mass is 10.2. The molecular formula is C14H20ClN3O2S. The van der Waals surface area contributed by atoms with E-state index in [4.69, 9.17) is 16.9 Å². The van der Waals surface area contributed by atoms with Gasteiger partial charge in [0, 0.05) is 13.1 Å². The summed E-state index contributed by atoms with van der Waals surface area (Å²) in [6.45, 7) is 3.47. The second-order valence-corrected chi connectivity index (χ2v) is 7.25. The minimum atomic E-state index is -3.58. The first-order chi connectivity index (χ1) is 9.82. The van der Waals surface area contributed by atoms with Crippen LogP contribution in [0.1, 0.15) is 18.9 Å². The second kappa shape index (κ2) is 7.76. The van der Waals surface area contributed by atoms with Crippen molar-refractivity contribution in [3.8, 4) is 6.07 Å². The second-order valence-electron chi connectivity index (χ2n) is 4.91. The molecule has 0 unspecified atom stereocenters. The highest BCUT2D eigenvalue weighted by Gasteiger charge is 2.23. The third-order valence-electron chi connectivity index (χ3n) is 3.06. The summed E-state index contributed by atoms with van der Waals surface area (Å²) in [5.41, 5.74) is 0.270. The van der Waals surface area contributed by atoms with E-state index >= 15 is 0 Å². The standard InChI is InChI=1S/C14H20ClN3O2S/c1-4-18(9-5-8-17(2)3)21(19,20)13-7-6-12(11-16)14(15)10-13/h6-7,10H,4-5,8-9H2,1-3H3. The number of sulfonamides is 1. The van der Waals surface area contributed by atoms with Gasteiger partial charge in [0.05, 0.1) is 15.5 Å². The molecule has 0 aliphatic heterocycles. The lowest BCUT2D eigenvalue weighted by molar-refractivity contribution is 0.356. The number of hydrogen-bond acceptors (Lipinski definition) is 4. The van der Waals surface area contributed by atoms with Crippen LogP contribution in [0.3, 0.4) is 0 Å². The van der Waals surface area contributed by atoms with Crippen molar-refractivity contribution in [2.75, 3.05) is 33.7 Å². The van der Waals surface area contributed by atoms with E-state index in [0.29, 0.717) is 13.1 Å². The van der Waals surface area contributed by atoms with Gasteiger partial charge in [-0.15, -0.1) is 0 Å². The summed E-state index contributed by atoms with van der Waals surface area (Å²) in [7, 11) is 0.324. The maximum absolute atomic E-state index is 12.6. The van der Waals surface area contributed by atoms with Crippen molar-refractivity contribution in [3.63, 3.8) is 0 Å². The van der Waals surface area contributed by atoms with Crippen molar-refractivity contribution in [2.45, 2.75) is 18.2 Å². The maximum atomic E-state index is 12.6. The first kappa shape index (κ1) is 17.9. The monoisotopic (exact) mass is 329 g/mol. The van der Waals surface area contributed by atoms with Crippen LogP contribution in [0.15, 0.2) is 23.1 Å². The fraction of sp³-hybridized carbons (Fsp3) is 0.500. The van der Waals surface area contributed by atoms with Crippen LogP contribution in [0, 0.1) is 11.3 Å². The highest BCUT2D eigenvalue weighted by Crippen LogP contribution is 2.23. The Labute approximate surface area is 131 Å². The van der Waals surface area contributed by atoms with E-state index < -0.39 is 10.0 Å². The number of nitriles is 1. The van der Waals surface area contributed by atoms with Gasteiger partial charge < -0.3 is 4.90 Å². The first-order valence-corrected chi connectivity index (χ1v) is 8.49. The first-order valence-electron chi connectivity index (χ1n) is 6.67. The van der Waals surface area contributed by atoms with Crippen LogP contribution in [-0.4, -0.2) is 51.4 Å². The topological polar surface area (TPSA) is 64.4 Å². The van der Waals surface area contributed by atoms with E-state index in [1.165, 1.54) is 22.5 Å². The Morgan fingerprint density at radius 2 is 1.95 bits per heavy atom. The zero-order chi connectivity index (χ0) is 16.0. The molecule has 1 rings (SSSR count). The minimum absolute atomic E-state index is 0.123. The predicted molar refractivity (Wildman–Crippen MR) is 83.8 cm³/mol. The normalized spacial score (nSPS) is 11.9. The van der Waals surface area contributed by atoms with Gasteiger partial charge in [0.1, 0.15) is 6.07 Å². The van der Waals surface area contributed by atoms with E-state index in [9.17, 15) is 8.42 Å². The summed E-state index contributed by atoms with van der Waals surface area (Å²) in [6.07, 6.45) is 0.754. The van der Waals surface area contributed by atoms with Crippen LogP contribution in [0.5, 0.6) is 0 Å². The highest BCUT2D eigenvalue weighted by molar-refractivity contribution is 7.89. The van der Waals surface area contributed by atoms with Gasteiger partial charge in [-0.25, -0.2) is 8.42 Å². The molecule has 116 valence electrons. The molecule has 0 radical (unpaired) electrons. The molecule has 0 bridgehead atoms. The van der Waals surface area contributed by atoms with Crippen molar-refractivity contribution in [2.24, 2.45) is 0 Å². The van der Waals surface area contributed by atoms with Crippen LogP contribution in [0.4, 0.5) is 0 Å². The fourth-order valence-corrected chi connectivity index (χ4v) is 3.71. The molecule has 0 saturated heterocycles. The molecule has 0 fully saturated rings. The third kappa shape index (κ3) is 4.68. The minimum Gasteiger partial charge on any atom is -0.309 e. The van der Waals surface area contributed by atoms with Crippen molar-refractivity contribution < 1.29 is 8.42 Å². The highest BCUT2D eigenvalue weighted by atomic mass is 35.5. The molecule has 0 amide bonds. The molecule has 0 saturated carbocycles. The molecule has 0 heterocycles. The summed E-state index contributed by atoms with van der Waals surface area (Å²) in [5, 5.41) is 8.99. The molecule has 0 atom stereocenters. The van der Waals surface area contributed by atoms with Crippen LogP contribution in [-0.2, 0) is 10.0 Å². The molecule has 0 aliphatic carbocycles. The van der Waals surface area contributed by atoms with Gasteiger partial charge in [-0.1, -0.05) is 18.5 Å². The Morgan fingerprint density at radius 3 is 2.43 bits per heavy atom. The summed E-state index contributed by atoms with van der Waals surface area (Å²) < 4.78 is 26.5. The summed E-state index contributed by atoms with van der Waals surface area (Å²) in [5.74, 6) is 0. The number of rotatable bonds is 7. The maximum Gasteiger partial charge on any atom is 0.243 e. The quantitative estimate of drug-likeness (QED) is 0.769. The largest absolute Gasteiger partial charge is 0.309 e. The Morgan fingerprint density at radius 1 is 1.29 bits per heavy atom. The van der Waals surface area contributed by atoms with E-state index in [2.05, 4.69) is 0 Å². The lowest BCUT2D eigenvalue weighted by Gasteiger charge is -2.21. The van der Waals surface area contributed by atoms with E-state index in [1.54, 1.807) is 6.92 Å². The summed E-state index contributed by atoms with van der Waals surface area (Å²) >= 11 is 5.92. The van der Waals surface area contributed by atoms with Crippen molar-refractivity contribution >= 4 is 21.6 Å². The molecule has 0 N–H and O–H groups in total. The number of nitrogens with zero attached hydrogens (tertiary/aromatic N) is 3. The zero-order valence-corrected chi connectivity index (χ0v) is 14.1. The van der Waals surface area contributed by atoms with Gasteiger partial charge in [-0.3, -0.25) is 0 Å². The average Bonchev–Trinajstić information content (AvgIpc) is 2.42. The third-order valence-corrected chi connectivity index (χ3v) is 5.35. The molecule has 1 aromatic carbocycles. The zero-order valence-electron chi connectivity index (χ0n) is 12.5. The van der Waals surface area contributed by atoms with Crippen LogP contribution < -0.4 is 0 Å². The van der Waals surface area contributed by atoms with E-state index in [1.807, 2.05) is 25.1 Å². The van der Waals surface area contributed by atoms with Crippen molar-refractivity contribution in [1.29, 1.82) is 5.26 Å². The SMILES string of the molecule is CCN(CCCN(C)C)S(=O)(=O)c1ccc(C#N)c(Cl)c1. The fourth-order valence-electron chi connectivity index (χ4n) is 1.91. The Hall–Kier alpha value is -1.13. The van der Waals surface area contributed by atoms with E-state index in [-0.39, 0.29) is 15.5 Å². The van der Waals surface area contributed by atoms with Crippen LogP contribution in [0.25, 0.3) is 0 Å². The van der Waals surface area contributed by atoms with Crippen molar-refractivity contribution in [1.82, 2.24) is 9.21 Å². The Kier molecular flexibility index (Phi) is 6.62. The van der Waals surface area contributed by atoms with Gasteiger partial charge in [0.25, 0.3) is 0 Å². The number of benzene rings is 1. The molecule has 0 aliphatic rings. The number of halogens is 1. The Balaban J connectivity index is 2.97. The van der Waals surface area contributed by atoms with Gasteiger partial charge >= 0.3 is 0 Å². The van der Waals surface area contributed by atoms with Gasteiger partial charge in [-0.05, 0) is 45.3 Å². The summed E-state index contributed by atoms with van der Waals surface area (Å²) in [4.78, 5) is 2.14. The lowest BCUT2D eigenvalue weighted by Crippen LogP contribution is -2.33. The van der Waals surface area contributed by atoms with Crippen LogP contribution in [0.2, 0.25) is 5.02 Å². The number of hydrogen-bond donors (Lipinski definition) is 0. The molecule has 1 aromatic rings. The van der Waals surface area contributed by atoms with Gasteiger partial charge in [0.2, 0.25) is 10.0 Å². The van der Waals surface area contributed by atoms with Crippen LogP contribution >= 0.6 is 11.6 Å². The molecule has 21 heavy (non-hydrogen) atoms. The molecule has 5 nitrogen and oxygen atoms in total.